The molecule has 0 atom stereocenters. The van der Waals surface area contributed by atoms with Gasteiger partial charge in [0, 0.05) is 5.56 Å². The van der Waals surface area contributed by atoms with Crippen LogP contribution in [0.25, 0.3) is 0 Å². The monoisotopic (exact) mass is 218 g/mol. The number of carbonyl (C=O) groups is 1. The van der Waals surface area contributed by atoms with Gasteiger partial charge in [-0.3, -0.25) is 4.79 Å². The molecule has 0 bridgehead atoms. The smallest absolute Gasteiger partial charge is 0.150 e. The highest BCUT2D eigenvalue weighted by Crippen LogP contribution is 2.09. The Hall–Kier alpha value is -0.530. The molecule has 0 saturated heterocycles. The molecule has 0 fully saturated rings. The molecule has 0 amide bonds. The zero-order valence-corrected chi connectivity index (χ0v) is 9.19. The van der Waals surface area contributed by atoms with E-state index in [-0.39, 0.29) is 5.34 Å². The third-order valence-electron chi connectivity index (χ3n) is 1.66. The zero-order valence-electron chi connectivity index (χ0n) is 7.68. The van der Waals surface area contributed by atoms with Crippen LogP contribution in [-0.2, 0) is 0 Å². The van der Waals surface area contributed by atoms with Gasteiger partial charge in [-0.05, 0) is 25.0 Å². The van der Waals surface area contributed by atoms with E-state index in [4.69, 9.17) is 23.2 Å². The molecule has 0 aromatic heterocycles. The SMILES string of the molecule is Cc1cccc(C)c1C=O.ClCCl. The number of hydrogen-bond donors (Lipinski definition) is 0. The molecule has 0 heterocycles. The highest BCUT2D eigenvalue weighted by atomic mass is 35.5. The van der Waals surface area contributed by atoms with Gasteiger partial charge in [0.15, 0.2) is 6.29 Å². The number of rotatable bonds is 1. The third-order valence-corrected chi connectivity index (χ3v) is 1.66. The van der Waals surface area contributed by atoms with E-state index < -0.39 is 0 Å². The molecule has 13 heavy (non-hydrogen) atoms. The van der Waals surface area contributed by atoms with Crippen LogP contribution in [0.1, 0.15) is 21.5 Å². The number of alkyl halides is 2. The van der Waals surface area contributed by atoms with Crippen molar-refractivity contribution >= 4 is 29.5 Å². The van der Waals surface area contributed by atoms with E-state index in [0.29, 0.717) is 0 Å². The van der Waals surface area contributed by atoms with Gasteiger partial charge < -0.3 is 0 Å². The van der Waals surface area contributed by atoms with Crippen LogP contribution in [0.5, 0.6) is 0 Å². The number of hydrogen-bond acceptors (Lipinski definition) is 1. The summed E-state index contributed by atoms with van der Waals surface area (Å²) < 4.78 is 0. The summed E-state index contributed by atoms with van der Waals surface area (Å²) in [5.74, 6) is 0. The van der Waals surface area contributed by atoms with E-state index in [1.54, 1.807) is 0 Å². The van der Waals surface area contributed by atoms with E-state index in [1.807, 2.05) is 32.0 Å². The molecule has 0 aliphatic carbocycles. The minimum absolute atomic E-state index is 0.194. The fourth-order valence-electron chi connectivity index (χ4n) is 1.01. The van der Waals surface area contributed by atoms with Gasteiger partial charge in [-0.2, -0.15) is 0 Å². The van der Waals surface area contributed by atoms with E-state index >= 15 is 0 Å². The van der Waals surface area contributed by atoms with Crippen molar-refractivity contribution in [1.82, 2.24) is 0 Å². The van der Waals surface area contributed by atoms with Crippen molar-refractivity contribution < 1.29 is 4.79 Å². The first-order chi connectivity index (χ1) is 6.17. The van der Waals surface area contributed by atoms with Gasteiger partial charge in [-0.1, -0.05) is 18.2 Å². The molecule has 0 unspecified atom stereocenters. The molecule has 3 heteroatoms. The fraction of sp³-hybridized carbons (Fsp3) is 0.300. The van der Waals surface area contributed by atoms with Crippen molar-refractivity contribution in [3.8, 4) is 0 Å². The second-order valence-corrected chi connectivity index (χ2v) is 3.33. The Bertz CT molecular complexity index is 251. The summed E-state index contributed by atoms with van der Waals surface area (Å²) in [6.07, 6.45) is 0.907. The van der Waals surface area contributed by atoms with Crippen LogP contribution in [0.2, 0.25) is 0 Å². The Balaban J connectivity index is 0.000000424. The van der Waals surface area contributed by atoms with Gasteiger partial charge in [0.1, 0.15) is 0 Å². The normalized spacial score (nSPS) is 8.62. The Labute approximate surface area is 88.7 Å². The molecule has 0 aliphatic heterocycles. The van der Waals surface area contributed by atoms with Crippen molar-refractivity contribution in [1.29, 1.82) is 0 Å². The molecule has 1 rings (SSSR count). The molecule has 72 valence electrons. The topological polar surface area (TPSA) is 17.1 Å². The summed E-state index contributed by atoms with van der Waals surface area (Å²) >= 11 is 9.53. The molecule has 0 saturated carbocycles. The minimum atomic E-state index is 0.194. The average molecular weight is 219 g/mol. The number of aryl methyl sites for hydroxylation is 2. The number of benzene rings is 1. The van der Waals surface area contributed by atoms with Crippen LogP contribution in [0, 0.1) is 13.8 Å². The predicted octanol–water partition coefficient (Wildman–Crippen LogP) is 3.54. The zero-order chi connectivity index (χ0) is 10.3. The first kappa shape index (κ1) is 12.5. The standard InChI is InChI=1S/C9H10O.CH2Cl2/c1-7-4-3-5-8(2)9(7)6-10;2-1-3/h3-6H,1-2H3;1H2. The quantitative estimate of drug-likeness (QED) is 0.521. The van der Waals surface area contributed by atoms with Crippen LogP contribution >= 0.6 is 23.2 Å². The van der Waals surface area contributed by atoms with Gasteiger partial charge in [0.2, 0.25) is 0 Å². The predicted molar refractivity (Wildman–Crippen MR) is 57.9 cm³/mol. The van der Waals surface area contributed by atoms with Crippen LogP contribution in [0.3, 0.4) is 0 Å². The van der Waals surface area contributed by atoms with E-state index in [0.717, 1.165) is 23.0 Å². The lowest BCUT2D eigenvalue weighted by molar-refractivity contribution is 0.112. The third kappa shape index (κ3) is 4.30. The lowest BCUT2D eigenvalue weighted by atomic mass is 10.1. The highest BCUT2D eigenvalue weighted by Gasteiger charge is 1.97. The second kappa shape index (κ2) is 6.93. The van der Waals surface area contributed by atoms with E-state index in [9.17, 15) is 4.79 Å². The molecular formula is C10H12Cl2O. The van der Waals surface area contributed by atoms with Crippen molar-refractivity contribution in [3.63, 3.8) is 0 Å². The Kier molecular flexibility index (Phi) is 6.65. The molecule has 0 aliphatic rings. The lowest BCUT2D eigenvalue weighted by Gasteiger charge is -1.99. The summed E-state index contributed by atoms with van der Waals surface area (Å²) in [6.45, 7) is 3.88. The molecule has 0 N–H and O–H groups in total. The number of aldehydes is 1. The Morgan fingerprint density at radius 1 is 1.23 bits per heavy atom. The minimum Gasteiger partial charge on any atom is -0.298 e. The molecular weight excluding hydrogens is 207 g/mol. The average Bonchev–Trinajstić information content (AvgIpc) is 2.06. The summed E-state index contributed by atoms with van der Waals surface area (Å²) in [5.41, 5.74) is 2.92. The molecule has 1 aromatic carbocycles. The Morgan fingerprint density at radius 3 is 1.85 bits per heavy atom. The maximum atomic E-state index is 10.4. The van der Waals surface area contributed by atoms with Crippen molar-refractivity contribution in [3.05, 3.63) is 34.9 Å². The number of carbonyl (C=O) groups excluding carboxylic acids is 1. The molecule has 0 spiro atoms. The van der Waals surface area contributed by atoms with Crippen molar-refractivity contribution in [2.45, 2.75) is 13.8 Å². The largest absolute Gasteiger partial charge is 0.298 e. The second-order valence-electron chi connectivity index (χ2n) is 2.52. The van der Waals surface area contributed by atoms with Gasteiger partial charge in [0.25, 0.3) is 0 Å². The van der Waals surface area contributed by atoms with Crippen molar-refractivity contribution in [2.24, 2.45) is 0 Å². The molecule has 1 nitrogen and oxygen atoms in total. The summed E-state index contributed by atoms with van der Waals surface area (Å²) in [5, 5.41) is 0.194. The number of halogens is 2. The highest BCUT2D eigenvalue weighted by molar-refractivity contribution is 6.40. The van der Waals surface area contributed by atoms with Crippen LogP contribution in [0.4, 0.5) is 0 Å². The summed E-state index contributed by atoms with van der Waals surface area (Å²) in [7, 11) is 0. The van der Waals surface area contributed by atoms with Gasteiger partial charge >= 0.3 is 0 Å². The molecule has 0 radical (unpaired) electrons. The first-order valence-corrected chi connectivity index (χ1v) is 4.87. The van der Waals surface area contributed by atoms with Crippen LogP contribution in [0.15, 0.2) is 18.2 Å². The maximum Gasteiger partial charge on any atom is 0.150 e. The maximum absolute atomic E-state index is 10.4. The summed E-state index contributed by atoms with van der Waals surface area (Å²) in [6, 6.07) is 5.84. The van der Waals surface area contributed by atoms with E-state index in [1.165, 1.54) is 0 Å². The van der Waals surface area contributed by atoms with Gasteiger partial charge in [-0.15, -0.1) is 23.2 Å². The molecule has 1 aromatic rings. The van der Waals surface area contributed by atoms with Crippen molar-refractivity contribution in [2.75, 3.05) is 5.34 Å². The van der Waals surface area contributed by atoms with E-state index in [2.05, 4.69) is 0 Å². The van der Waals surface area contributed by atoms with Crippen LogP contribution in [-0.4, -0.2) is 11.6 Å². The summed E-state index contributed by atoms with van der Waals surface area (Å²) in [4.78, 5) is 10.4. The van der Waals surface area contributed by atoms with Gasteiger partial charge in [0.05, 0.1) is 5.34 Å². The van der Waals surface area contributed by atoms with Crippen LogP contribution < -0.4 is 0 Å². The Morgan fingerprint density at radius 2 is 1.62 bits per heavy atom. The fourth-order valence-corrected chi connectivity index (χ4v) is 1.01. The first-order valence-electron chi connectivity index (χ1n) is 3.80. The van der Waals surface area contributed by atoms with Gasteiger partial charge in [-0.25, -0.2) is 0 Å². The lowest BCUT2D eigenvalue weighted by Crippen LogP contribution is -1.89.